The Morgan fingerprint density at radius 3 is 2.78 bits per heavy atom. The minimum absolute atomic E-state index is 0.0213. The number of nitrogens with one attached hydrogen (secondary N) is 2. The van der Waals surface area contributed by atoms with Crippen molar-refractivity contribution in [1.29, 1.82) is 5.26 Å². The van der Waals surface area contributed by atoms with Gasteiger partial charge in [0.2, 0.25) is 5.91 Å². The van der Waals surface area contributed by atoms with E-state index in [1.807, 2.05) is 19.9 Å². The van der Waals surface area contributed by atoms with Gasteiger partial charge < -0.3 is 10.6 Å². The highest BCUT2D eigenvalue weighted by Crippen LogP contribution is 2.19. The van der Waals surface area contributed by atoms with E-state index in [9.17, 15) is 4.79 Å². The van der Waals surface area contributed by atoms with E-state index in [4.69, 9.17) is 5.26 Å². The molecule has 0 saturated heterocycles. The lowest BCUT2D eigenvalue weighted by molar-refractivity contribution is -0.121. The Morgan fingerprint density at radius 1 is 1.44 bits per heavy atom. The van der Waals surface area contributed by atoms with Crippen molar-refractivity contribution in [3.05, 3.63) is 28.2 Å². The molecule has 4 nitrogen and oxygen atoms in total. The van der Waals surface area contributed by atoms with Crippen molar-refractivity contribution in [2.75, 3.05) is 11.9 Å². The van der Waals surface area contributed by atoms with Crippen LogP contribution in [0.25, 0.3) is 0 Å². The highest BCUT2D eigenvalue weighted by atomic mass is 79.9. The molecule has 96 valence electrons. The molecule has 1 amide bonds. The summed E-state index contributed by atoms with van der Waals surface area (Å²) >= 11 is 3.34. The van der Waals surface area contributed by atoms with E-state index in [1.165, 1.54) is 0 Å². The van der Waals surface area contributed by atoms with Crippen molar-refractivity contribution in [2.24, 2.45) is 0 Å². The van der Waals surface area contributed by atoms with Gasteiger partial charge in [-0.2, -0.15) is 5.26 Å². The summed E-state index contributed by atoms with van der Waals surface area (Å²) in [6.07, 6.45) is 0.409. The minimum atomic E-state index is 0.0213. The number of carbonyl (C=O) groups is 1. The summed E-state index contributed by atoms with van der Waals surface area (Å²) in [4.78, 5) is 11.4. The number of anilines is 1. The Morgan fingerprint density at radius 2 is 2.17 bits per heavy atom. The van der Waals surface area contributed by atoms with Crippen molar-refractivity contribution in [3.8, 4) is 6.07 Å². The summed E-state index contributed by atoms with van der Waals surface area (Å²) in [7, 11) is 0. The molecular formula is C13H16BrN3O. The van der Waals surface area contributed by atoms with Crippen LogP contribution in [-0.4, -0.2) is 18.5 Å². The lowest BCUT2D eigenvalue weighted by Crippen LogP contribution is -2.31. The monoisotopic (exact) mass is 309 g/mol. The molecule has 0 aliphatic rings. The highest BCUT2D eigenvalue weighted by Gasteiger charge is 2.03. The smallest absolute Gasteiger partial charge is 0.221 e. The van der Waals surface area contributed by atoms with Crippen molar-refractivity contribution in [3.63, 3.8) is 0 Å². The summed E-state index contributed by atoms with van der Waals surface area (Å²) < 4.78 is 0.843. The fourth-order valence-corrected chi connectivity index (χ4v) is 1.96. The van der Waals surface area contributed by atoms with Gasteiger partial charge in [0, 0.05) is 29.2 Å². The van der Waals surface area contributed by atoms with Crippen LogP contribution in [0.4, 0.5) is 5.69 Å². The lowest BCUT2D eigenvalue weighted by atomic mass is 10.2. The van der Waals surface area contributed by atoms with E-state index in [0.29, 0.717) is 18.5 Å². The van der Waals surface area contributed by atoms with Crippen LogP contribution in [0.2, 0.25) is 0 Å². The zero-order valence-electron chi connectivity index (χ0n) is 10.5. The first-order chi connectivity index (χ1) is 8.51. The first kappa shape index (κ1) is 14.5. The van der Waals surface area contributed by atoms with Crippen molar-refractivity contribution < 1.29 is 4.79 Å². The van der Waals surface area contributed by atoms with Crippen LogP contribution in [0.15, 0.2) is 22.7 Å². The summed E-state index contributed by atoms with van der Waals surface area (Å²) in [6.45, 7) is 4.40. The highest BCUT2D eigenvalue weighted by molar-refractivity contribution is 9.10. The molecule has 1 aromatic carbocycles. The molecule has 0 aliphatic carbocycles. The van der Waals surface area contributed by atoms with Gasteiger partial charge in [-0.05, 0) is 32.0 Å². The molecule has 1 aromatic rings. The summed E-state index contributed by atoms with van der Waals surface area (Å²) in [5.41, 5.74) is 1.41. The lowest BCUT2D eigenvalue weighted by Gasteiger charge is -2.10. The molecule has 5 heteroatoms. The van der Waals surface area contributed by atoms with E-state index in [2.05, 4.69) is 32.6 Å². The molecule has 0 bridgehead atoms. The maximum Gasteiger partial charge on any atom is 0.221 e. The molecule has 0 fully saturated rings. The normalized spacial score (nSPS) is 9.94. The van der Waals surface area contributed by atoms with E-state index in [-0.39, 0.29) is 11.9 Å². The molecule has 0 atom stereocenters. The largest absolute Gasteiger partial charge is 0.384 e. The Hall–Kier alpha value is -1.54. The standard InChI is InChI=1S/C13H16BrN3O/c1-9(2)17-13(18)3-4-16-12-6-10(8-15)5-11(14)7-12/h5-7,9,16H,3-4H2,1-2H3,(H,17,18). The number of nitriles is 1. The van der Waals surface area contributed by atoms with E-state index >= 15 is 0 Å². The first-order valence-electron chi connectivity index (χ1n) is 5.75. The number of hydrogen-bond acceptors (Lipinski definition) is 3. The second kappa shape index (κ2) is 7.02. The zero-order chi connectivity index (χ0) is 13.5. The van der Waals surface area contributed by atoms with Crippen LogP contribution in [0.1, 0.15) is 25.8 Å². The number of amides is 1. The molecule has 0 aliphatic heterocycles. The molecule has 0 radical (unpaired) electrons. The van der Waals surface area contributed by atoms with Gasteiger partial charge in [0.05, 0.1) is 11.6 Å². The molecule has 1 rings (SSSR count). The second-order valence-corrected chi connectivity index (χ2v) is 5.16. The van der Waals surface area contributed by atoms with Crippen molar-refractivity contribution >= 4 is 27.5 Å². The third-order valence-electron chi connectivity index (χ3n) is 2.16. The van der Waals surface area contributed by atoms with Crippen LogP contribution < -0.4 is 10.6 Å². The molecule has 0 saturated carbocycles. The van der Waals surface area contributed by atoms with Gasteiger partial charge >= 0.3 is 0 Å². The molecule has 0 heterocycles. The number of nitrogens with zero attached hydrogens (tertiary/aromatic N) is 1. The zero-order valence-corrected chi connectivity index (χ0v) is 12.0. The van der Waals surface area contributed by atoms with E-state index in [1.54, 1.807) is 12.1 Å². The number of carbonyl (C=O) groups excluding carboxylic acids is 1. The van der Waals surface area contributed by atoms with Crippen molar-refractivity contribution in [2.45, 2.75) is 26.3 Å². The maximum atomic E-state index is 11.4. The molecule has 2 N–H and O–H groups in total. The van der Waals surface area contributed by atoms with Crippen LogP contribution >= 0.6 is 15.9 Å². The summed E-state index contributed by atoms with van der Waals surface area (Å²) in [5, 5.41) is 14.8. The van der Waals surface area contributed by atoms with Crippen LogP contribution in [0.5, 0.6) is 0 Å². The predicted octanol–water partition coefficient (Wildman–Crippen LogP) is 2.65. The summed E-state index contributed by atoms with van der Waals surface area (Å²) in [5.74, 6) is 0.0213. The maximum absolute atomic E-state index is 11.4. The van der Waals surface area contributed by atoms with Gasteiger partial charge in [0.1, 0.15) is 0 Å². The summed E-state index contributed by atoms with van der Waals surface area (Å²) in [6, 6.07) is 7.62. The SMILES string of the molecule is CC(C)NC(=O)CCNc1cc(Br)cc(C#N)c1. The fraction of sp³-hybridized carbons (Fsp3) is 0.385. The Balaban J connectivity index is 2.47. The average molecular weight is 310 g/mol. The van der Waals surface area contributed by atoms with Gasteiger partial charge in [-0.25, -0.2) is 0 Å². The van der Waals surface area contributed by atoms with Gasteiger partial charge in [-0.1, -0.05) is 15.9 Å². The molecular weight excluding hydrogens is 294 g/mol. The quantitative estimate of drug-likeness (QED) is 0.879. The van der Waals surface area contributed by atoms with E-state index < -0.39 is 0 Å². The minimum Gasteiger partial charge on any atom is -0.384 e. The molecule has 0 aromatic heterocycles. The Kier molecular flexibility index (Phi) is 5.66. The van der Waals surface area contributed by atoms with Gasteiger partial charge in [0.25, 0.3) is 0 Å². The number of hydrogen-bond donors (Lipinski definition) is 2. The Bertz CT molecular complexity index is 466. The van der Waals surface area contributed by atoms with Gasteiger partial charge in [-0.15, -0.1) is 0 Å². The molecule has 0 spiro atoms. The number of benzene rings is 1. The van der Waals surface area contributed by atoms with Crippen LogP contribution in [-0.2, 0) is 4.79 Å². The van der Waals surface area contributed by atoms with Crippen LogP contribution in [0.3, 0.4) is 0 Å². The topological polar surface area (TPSA) is 64.9 Å². The van der Waals surface area contributed by atoms with Gasteiger partial charge in [0.15, 0.2) is 0 Å². The first-order valence-corrected chi connectivity index (χ1v) is 6.54. The Labute approximate surface area is 116 Å². The predicted molar refractivity (Wildman–Crippen MR) is 75.2 cm³/mol. The van der Waals surface area contributed by atoms with Crippen molar-refractivity contribution in [1.82, 2.24) is 5.32 Å². The number of halogens is 1. The average Bonchev–Trinajstić information content (AvgIpc) is 2.27. The molecule has 0 unspecified atom stereocenters. The fourth-order valence-electron chi connectivity index (χ4n) is 1.47. The second-order valence-electron chi connectivity index (χ2n) is 4.24. The number of rotatable bonds is 5. The third kappa shape index (κ3) is 5.19. The van der Waals surface area contributed by atoms with E-state index in [0.717, 1.165) is 10.2 Å². The molecule has 18 heavy (non-hydrogen) atoms. The third-order valence-corrected chi connectivity index (χ3v) is 2.62. The van der Waals surface area contributed by atoms with Crippen LogP contribution in [0, 0.1) is 11.3 Å². The van der Waals surface area contributed by atoms with Gasteiger partial charge in [-0.3, -0.25) is 4.79 Å².